The standard InChI is InChI=1S/C19H20O4/c1-3-19(20)23-17-11-10-16(15-8-6-5-7-9-15)14-18(17)22-13-12-21-4-2/h3,5-11,14H,1,4,12-13H2,2H3. The van der Waals surface area contributed by atoms with Gasteiger partial charge in [0.05, 0.1) is 6.61 Å². The molecule has 2 aromatic carbocycles. The highest BCUT2D eigenvalue weighted by Gasteiger charge is 2.10. The summed E-state index contributed by atoms with van der Waals surface area (Å²) < 4.78 is 16.2. The number of esters is 1. The van der Waals surface area contributed by atoms with Crippen LogP contribution in [0.15, 0.2) is 61.2 Å². The lowest BCUT2D eigenvalue weighted by molar-refractivity contribution is -0.129. The highest BCUT2D eigenvalue weighted by molar-refractivity contribution is 5.84. The van der Waals surface area contributed by atoms with Crippen LogP contribution >= 0.6 is 0 Å². The molecule has 0 N–H and O–H groups in total. The lowest BCUT2D eigenvalue weighted by Gasteiger charge is -2.13. The summed E-state index contributed by atoms with van der Waals surface area (Å²) in [5.41, 5.74) is 2.04. The van der Waals surface area contributed by atoms with Crippen LogP contribution in [0.3, 0.4) is 0 Å². The molecule has 0 aliphatic carbocycles. The Morgan fingerprint density at radius 3 is 2.52 bits per heavy atom. The predicted octanol–water partition coefficient (Wildman–Crippen LogP) is 3.86. The van der Waals surface area contributed by atoms with Gasteiger partial charge in [-0.1, -0.05) is 43.0 Å². The van der Waals surface area contributed by atoms with E-state index in [0.717, 1.165) is 17.2 Å². The van der Waals surface area contributed by atoms with Gasteiger partial charge in [-0.25, -0.2) is 4.79 Å². The third-order valence-corrected chi connectivity index (χ3v) is 3.12. The van der Waals surface area contributed by atoms with Gasteiger partial charge >= 0.3 is 5.97 Å². The minimum Gasteiger partial charge on any atom is -0.487 e. The molecule has 0 saturated carbocycles. The Kier molecular flexibility index (Phi) is 6.39. The highest BCUT2D eigenvalue weighted by Crippen LogP contribution is 2.33. The fraction of sp³-hybridized carbons (Fsp3) is 0.211. The van der Waals surface area contributed by atoms with Gasteiger partial charge < -0.3 is 14.2 Å². The summed E-state index contributed by atoms with van der Waals surface area (Å²) in [6.45, 7) is 6.81. The summed E-state index contributed by atoms with van der Waals surface area (Å²) >= 11 is 0. The van der Waals surface area contributed by atoms with Gasteiger partial charge in [-0.15, -0.1) is 0 Å². The zero-order valence-electron chi connectivity index (χ0n) is 13.2. The summed E-state index contributed by atoms with van der Waals surface area (Å²) in [5, 5.41) is 0. The molecule has 120 valence electrons. The van der Waals surface area contributed by atoms with Crippen LogP contribution in [0.2, 0.25) is 0 Å². The van der Waals surface area contributed by atoms with Crippen molar-refractivity contribution < 1.29 is 19.0 Å². The van der Waals surface area contributed by atoms with E-state index in [-0.39, 0.29) is 0 Å². The predicted molar refractivity (Wildman–Crippen MR) is 89.7 cm³/mol. The SMILES string of the molecule is C=CC(=O)Oc1ccc(-c2ccccc2)cc1OCCOCC. The van der Waals surface area contributed by atoms with E-state index in [9.17, 15) is 4.79 Å². The van der Waals surface area contributed by atoms with Crippen molar-refractivity contribution in [3.63, 3.8) is 0 Å². The Balaban J connectivity index is 2.23. The van der Waals surface area contributed by atoms with Crippen molar-refractivity contribution >= 4 is 5.97 Å². The zero-order valence-corrected chi connectivity index (χ0v) is 13.2. The van der Waals surface area contributed by atoms with Gasteiger partial charge in [0.25, 0.3) is 0 Å². The Morgan fingerprint density at radius 1 is 1.04 bits per heavy atom. The zero-order chi connectivity index (χ0) is 16.5. The van der Waals surface area contributed by atoms with E-state index < -0.39 is 5.97 Å². The topological polar surface area (TPSA) is 44.8 Å². The molecule has 0 radical (unpaired) electrons. The first-order valence-corrected chi connectivity index (χ1v) is 7.49. The number of ether oxygens (including phenoxy) is 3. The van der Waals surface area contributed by atoms with E-state index in [2.05, 4.69) is 6.58 Å². The van der Waals surface area contributed by atoms with Crippen molar-refractivity contribution in [1.29, 1.82) is 0 Å². The molecule has 4 nitrogen and oxygen atoms in total. The smallest absolute Gasteiger partial charge is 0.335 e. The number of hydrogen-bond acceptors (Lipinski definition) is 4. The molecule has 0 unspecified atom stereocenters. The average Bonchev–Trinajstić information content (AvgIpc) is 2.60. The molecule has 0 atom stereocenters. The lowest BCUT2D eigenvalue weighted by Crippen LogP contribution is -2.09. The molecular formula is C19H20O4. The van der Waals surface area contributed by atoms with Crippen molar-refractivity contribution in [1.82, 2.24) is 0 Å². The van der Waals surface area contributed by atoms with Crippen LogP contribution in [-0.4, -0.2) is 25.8 Å². The fourth-order valence-corrected chi connectivity index (χ4v) is 2.02. The maximum Gasteiger partial charge on any atom is 0.335 e. The second-order valence-electron chi connectivity index (χ2n) is 4.70. The minimum absolute atomic E-state index is 0.367. The highest BCUT2D eigenvalue weighted by atomic mass is 16.6. The van der Waals surface area contributed by atoms with Gasteiger partial charge in [0.2, 0.25) is 0 Å². The van der Waals surface area contributed by atoms with Crippen LogP contribution in [0.5, 0.6) is 11.5 Å². The van der Waals surface area contributed by atoms with Crippen LogP contribution in [0.4, 0.5) is 0 Å². The summed E-state index contributed by atoms with van der Waals surface area (Å²) in [5.74, 6) is 0.347. The fourth-order valence-electron chi connectivity index (χ4n) is 2.02. The van der Waals surface area contributed by atoms with Gasteiger partial charge in [0.1, 0.15) is 6.61 Å². The van der Waals surface area contributed by atoms with Gasteiger partial charge in [0, 0.05) is 12.7 Å². The Hall–Kier alpha value is -2.59. The molecule has 0 heterocycles. The molecular weight excluding hydrogens is 292 g/mol. The number of benzene rings is 2. The first-order valence-electron chi connectivity index (χ1n) is 7.49. The molecule has 0 spiro atoms. The summed E-state index contributed by atoms with van der Waals surface area (Å²) in [6, 6.07) is 15.4. The maximum absolute atomic E-state index is 11.4. The van der Waals surface area contributed by atoms with Gasteiger partial charge in [0.15, 0.2) is 11.5 Å². The third-order valence-electron chi connectivity index (χ3n) is 3.12. The maximum atomic E-state index is 11.4. The molecule has 2 aromatic rings. The van der Waals surface area contributed by atoms with Gasteiger partial charge in [-0.3, -0.25) is 0 Å². The molecule has 0 aromatic heterocycles. The Morgan fingerprint density at radius 2 is 1.83 bits per heavy atom. The van der Waals surface area contributed by atoms with Crippen molar-refractivity contribution in [3.8, 4) is 22.6 Å². The molecule has 4 heteroatoms. The largest absolute Gasteiger partial charge is 0.487 e. The molecule has 0 aliphatic rings. The quantitative estimate of drug-likeness (QED) is 0.321. The van der Waals surface area contributed by atoms with E-state index in [4.69, 9.17) is 14.2 Å². The van der Waals surface area contributed by atoms with Crippen molar-refractivity contribution in [3.05, 3.63) is 61.2 Å². The second kappa shape index (κ2) is 8.76. The summed E-state index contributed by atoms with van der Waals surface area (Å²) in [4.78, 5) is 11.4. The van der Waals surface area contributed by atoms with Gasteiger partial charge in [-0.2, -0.15) is 0 Å². The van der Waals surface area contributed by atoms with Crippen LogP contribution in [0.1, 0.15) is 6.92 Å². The molecule has 0 fully saturated rings. The van der Waals surface area contributed by atoms with E-state index in [1.165, 1.54) is 0 Å². The van der Waals surface area contributed by atoms with Crippen molar-refractivity contribution in [2.75, 3.05) is 19.8 Å². The lowest BCUT2D eigenvalue weighted by atomic mass is 10.1. The van der Waals surface area contributed by atoms with Crippen molar-refractivity contribution in [2.45, 2.75) is 6.92 Å². The average molecular weight is 312 g/mol. The molecule has 23 heavy (non-hydrogen) atoms. The van der Waals surface area contributed by atoms with Crippen LogP contribution in [0.25, 0.3) is 11.1 Å². The van der Waals surface area contributed by atoms with Crippen LogP contribution < -0.4 is 9.47 Å². The first-order chi connectivity index (χ1) is 11.2. The van der Waals surface area contributed by atoms with Gasteiger partial charge in [-0.05, 0) is 30.2 Å². The second-order valence-corrected chi connectivity index (χ2v) is 4.70. The summed E-state index contributed by atoms with van der Waals surface area (Å²) in [6.07, 6.45) is 1.12. The molecule has 0 saturated heterocycles. The van der Waals surface area contributed by atoms with E-state index in [1.807, 2.05) is 49.4 Å². The first kappa shape index (κ1) is 16.8. The third kappa shape index (κ3) is 4.97. The number of rotatable bonds is 8. The van der Waals surface area contributed by atoms with Crippen LogP contribution in [0, 0.1) is 0 Å². The monoisotopic (exact) mass is 312 g/mol. The Bertz CT molecular complexity index is 650. The van der Waals surface area contributed by atoms with Crippen LogP contribution in [-0.2, 0) is 9.53 Å². The molecule has 0 aliphatic heterocycles. The molecule has 2 rings (SSSR count). The number of hydrogen-bond donors (Lipinski definition) is 0. The van der Waals surface area contributed by atoms with E-state index in [1.54, 1.807) is 6.07 Å². The number of carbonyl (C=O) groups excluding carboxylic acids is 1. The number of carbonyl (C=O) groups is 1. The summed E-state index contributed by atoms with van der Waals surface area (Å²) in [7, 11) is 0. The normalized spacial score (nSPS) is 10.1. The van der Waals surface area contributed by atoms with E-state index >= 15 is 0 Å². The minimum atomic E-state index is -0.521. The Labute approximate surface area is 136 Å². The molecule has 0 amide bonds. The van der Waals surface area contributed by atoms with Crippen molar-refractivity contribution in [2.24, 2.45) is 0 Å². The van der Waals surface area contributed by atoms with E-state index in [0.29, 0.717) is 31.3 Å². The molecule has 0 bridgehead atoms.